The number of aryl methyl sites for hydroxylation is 2. The molecule has 1 aliphatic rings. The summed E-state index contributed by atoms with van der Waals surface area (Å²) in [6.07, 6.45) is 1.51. The number of rotatable bonds is 4. The summed E-state index contributed by atoms with van der Waals surface area (Å²) in [7, 11) is 0. The summed E-state index contributed by atoms with van der Waals surface area (Å²) in [5, 5.41) is 3.44. The third-order valence-corrected chi connectivity index (χ3v) is 4.24. The molecule has 1 fully saturated rings. The van der Waals surface area contributed by atoms with E-state index in [9.17, 15) is 0 Å². The Labute approximate surface area is 102 Å². The molecule has 2 atom stereocenters. The molecule has 0 saturated carbocycles. The molecule has 3 heteroatoms. The van der Waals surface area contributed by atoms with E-state index < -0.39 is 0 Å². The molecule has 16 heavy (non-hydrogen) atoms. The Balaban J connectivity index is 2.10. The fraction of sp³-hybridized carbons (Fsp3) is 0.692. The first-order chi connectivity index (χ1) is 7.72. The van der Waals surface area contributed by atoms with Crippen molar-refractivity contribution in [3.8, 4) is 0 Å². The van der Waals surface area contributed by atoms with E-state index in [2.05, 4.69) is 32.2 Å². The van der Waals surface area contributed by atoms with Crippen LogP contribution in [0.2, 0.25) is 0 Å². The minimum Gasteiger partial charge on any atom is -0.373 e. The van der Waals surface area contributed by atoms with E-state index in [4.69, 9.17) is 4.74 Å². The first-order valence-corrected chi connectivity index (χ1v) is 6.93. The van der Waals surface area contributed by atoms with E-state index in [1.807, 2.05) is 11.3 Å². The van der Waals surface area contributed by atoms with Crippen LogP contribution in [0.4, 0.5) is 0 Å². The first kappa shape index (κ1) is 12.1. The molecule has 1 aliphatic heterocycles. The van der Waals surface area contributed by atoms with E-state index in [1.165, 1.54) is 21.7 Å². The molecule has 1 saturated heterocycles. The zero-order valence-corrected chi connectivity index (χ0v) is 11.2. The van der Waals surface area contributed by atoms with Gasteiger partial charge in [-0.3, -0.25) is 0 Å². The zero-order chi connectivity index (χ0) is 11.5. The van der Waals surface area contributed by atoms with Crippen molar-refractivity contribution in [2.24, 2.45) is 5.92 Å². The zero-order valence-electron chi connectivity index (χ0n) is 10.4. The van der Waals surface area contributed by atoms with Gasteiger partial charge in [0.1, 0.15) is 0 Å². The second-order valence-electron chi connectivity index (χ2n) is 4.52. The molecule has 0 aliphatic carbocycles. The third kappa shape index (κ3) is 2.47. The lowest BCUT2D eigenvalue weighted by Crippen LogP contribution is -2.24. The van der Waals surface area contributed by atoms with Crippen LogP contribution in [0.3, 0.4) is 0 Å². The number of hydrogen-bond acceptors (Lipinski definition) is 3. The van der Waals surface area contributed by atoms with Crippen LogP contribution in [0, 0.1) is 19.8 Å². The highest BCUT2D eigenvalue weighted by Crippen LogP contribution is 2.38. The number of ether oxygens (including phenoxy) is 1. The maximum atomic E-state index is 5.91. The van der Waals surface area contributed by atoms with Crippen LogP contribution < -0.4 is 5.32 Å². The number of hydrogen-bond donors (Lipinski definition) is 1. The fourth-order valence-corrected chi connectivity index (χ4v) is 3.41. The van der Waals surface area contributed by atoms with Crippen molar-refractivity contribution in [1.29, 1.82) is 0 Å². The lowest BCUT2D eigenvalue weighted by molar-refractivity contribution is 0.0905. The molecular weight excluding hydrogens is 218 g/mol. The molecule has 1 aromatic rings. The minimum absolute atomic E-state index is 0.323. The Morgan fingerprint density at radius 3 is 2.94 bits per heavy atom. The van der Waals surface area contributed by atoms with Gasteiger partial charge in [-0.15, -0.1) is 11.3 Å². The van der Waals surface area contributed by atoms with E-state index >= 15 is 0 Å². The minimum atomic E-state index is 0.323. The molecule has 0 radical (unpaired) electrons. The molecule has 0 amide bonds. The van der Waals surface area contributed by atoms with Crippen LogP contribution in [-0.4, -0.2) is 19.7 Å². The van der Waals surface area contributed by atoms with Gasteiger partial charge in [-0.05, 0) is 38.4 Å². The predicted molar refractivity (Wildman–Crippen MR) is 69.1 cm³/mol. The van der Waals surface area contributed by atoms with Crippen molar-refractivity contribution in [1.82, 2.24) is 5.32 Å². The highest BCUT2D eigenvalue weighted by molar-refractivity contribution is 7.12. The molecule has 90 valence electrons. The van der Waals surface area contributed by atoms with Crippen LogP contribution in [-0.2, 0) is 4.74 Å². The van der Waals surface area contributed by atoms with Crippen LogP contribution in [0.15, 0.2) is 6.07 Å². The Morgan fingerprint density at radius 2 is 2.31 bits per heavy atom. The maximum absolute atomic E-state index is 5.91. The Morgan fingerprint density at radius 1 is 1.50 bits per heavy atom. The van der Waals surface area contributed by atoms with E-state index in [0.717, 1.165) is 19.7 Å². The standard InChI is InChI=1S/C13H21NOS/c1-4-14-8-11-5-6-15-13(11)12-7-9(2)16-10(12)3/h7,11,13-14H,4-6,8H2,1-3H3. The molecule has 1 aromatic heterocycles. The number of nitrogens with one attached hydrogen (secondary N) is 1. The Kier molecular flexibility index (Phi) is 4.00. The van der Waals surface area contributed by atoms with Crippen molar-refractivity contribution >= 4 is 11.3 Å². The summed E-state index contributed by atoms with van der Waals surface area (Å²) in [6, 6.07) is 2.30. The molecule has 1 N–H and O–H groups in total. The molecule has 0 aromatic carbocycles. The van der Waals surface area contributed by atoms with Crippen LogP contribution in [0.5, 0.6) is 0 Å². The first-order valence-electron chi connectivity index (χ1n) is 6.11. The van der Waals surface area contributed by atoms with Crippen LogP contribution in [0.1, 0.15) is 34.8 Å². The largest absolute Gasteiger partial charge is 0.373 e. The average molecular weight is 239 g/mol. The second-order valence-corrected chi connectivity index (χ2v) is 5.98. The van der Waals surface area contributed by atoms with E-state index in [-0.39, 0.29) is 0 Å². The van der Waals surface area contributed by atoms with Gasteiger partial charge in [-0.25, -0.2) is 0 Å². The summed E-state index contributed by atoms with van der Waals surface area (Å²) >= 11 is 1.88. The lowest BCUT2D eigenvalue weighted by Gasteiger charge is -2.18. The van der Waals surface area contributed by atoms with Crippen LogP contribution >= 0.6 is 11.3 Å². The van der Waals surface area contributed by atoms with Gasteiger partial charge >= 0.3 is 0 Å². The van der Waals surface area contributed by atoms with Gasteiger partial charge in [0.15, 0.2) is 0 Å². The smallest absolute Gasteiger partial charge is 0.0876 e. The van der Waals surface area contributed by atoms with Gasteiger partial charge in [0.25, 0.3) is 0 Å². The summed E-state index contributed by atoms with van der Waals surface area (Å²) in [5.74, 6) is 0.646. The normalized spacial score (nSPS) is 25.2. The monoisotopic (exact) mass is 239 g/mol. The summed E-state index contributed by atoms with van der Waals surface area (Å²) in [6.45, 7) is 9.58. The molecular formula is C13H21NOS. The predicted octanol–water partition coefficient (Wildman–Crippen LogP) is 3.05. The van der Waals surface area contributed by atoms with Gasteiger partial charge < -0.3 is 10.1 Å². The SMILES string of the molecule is CCNCC1CCOC1c1cc(C)sc1C. The summed E-state index contributed by atoms with van der Waals surface area (Å²) in [4.78, 5) is 2.82. The quantitative estimate of drug-likeness (QED) is 0.872. The molecule has 2 nitrogen and oxygen atoms in total. The number of thiophene rings is 1. The van der Waals surface area contributed by atoms with Gasteiger partial charge in [0.05, 0.1) is 6.10 Å². The molecule has 2 heterocycles. The molecule has 2 rings (SSSR count). The fourth-order valence-electron chi connectivity index (χ4n) is 2.45. The average Bonchev–Trinajstić information content (AvgIpc) is 2.81. The van der Waals surface area contributed by atoms with Crippen molar-refractivity contribution in [3.05, 3.63) is 21.4 Å². The van der Waals surface area contributed by atoms with E-state index in [1.54, 1.807) is 0 Å². The second kappa shape index (κ2) is 5.30. The van der Waals surface area contributed by atoms with Crippen molar-refractivity contribution in [2.75, 3.05) is 19.7 Å². The lowest BCUT2D eigenvalue weighted by atomic mass is 9.95. The highest BCUT2D eigenvalue weighted by atomic mass is 32.1. The van der Waals surface area contributed by atoms with Crippen molar-refractivity contribution < 1.29 is 4.74 Å². The van der Waals surface area contributed by atoms with Crippen molar-refractivity contribution in [3.63, 3.8) is 0 Å². The topological polar surface area (TPSA) is 21.3 Å². The van der Waals surface area contributed by atoms with Gasteiger partial charge in [0.2, 0.25) is 0 Å². The Bertz CT molecular complexity index is 348. The van der Waals surface area contributed by atoms with Gasteiger partial charge in [-0.1, -0.05) is 6.92 Å². The maximum Gasteiger partial charge on any atom is 0.0876 e. The van der Waals surface area contributed by atoms with Crippen LogP contribution in [0.25, 0.3) is 0 Å². The van der Waals surface area contributed by atoms with E-state index in [0.29, 0.717) is 12.0 Å². The summed E-state index contributed by atoms with van der Waals surface area (Å²) < 4.78 is 5.91. The van der Waals surface area contributed by atoms with Crippen molar-refractivity contribution in [2.45, 2.75) is 33.3 Å². The third-order valence-electron chi connectivity index (χ3n) is 3.26. The van der Waals surface area contributed by atoms with Gasteiger partial charge in [0, 0.05) is 28.8 Å². The molecule has 0 bridgehead atoms. The Hall–Kier alpha value is -0.380. The summed E-state index contributed by atoms with van der Waals surface area (Å²) in [5.41, 5.74) is 1.42. The van der Waals surface area contributed by atoms with Gasteiger partial charge in [-0.2, -0.15) is 0 Å². The highest BCUT2D eigenvalue weighted by Gasteiger charge is 2.30. The molecule has 2 unspecified atom stereocenters. The molecule has 0 spiro atoms.